The highest BCUT2D eigenvalue weighted by atomic mass is 16.2. The molecule has 0 spiro atoms. The molecule has 31 heavy (non-hydrogen) atoms. The molecule has 0 unspecified atom stereocenters. The summed E-state index contributed by atoms with van der Waals surface area (Å²) >= 11 is 0. The molecule has 8 nitrogen and oxygen atoms in total. The maximum Gasteiger partial charge on any atom is 0.319 e. The third-order valence-electron chi connectivity index (χ3n) is 5.63. The summed E-state index contributed by atoms with van der Waals surface area (Å²) in [5.41, 5.74) is 2.88. The number of amides is 3. The van der Waals surface area contributed by atoms with Gasteiger partial charge >= 0.3 is 6.03 Å². The summed E-state index contributed by atoms with van der Waals surface area (Å²) < 4.78 is 1.87. The molecule has 1 saturated heterocycles. The Hall–Kier alpha value is -3.42. The predicted octanol–water partition coefficient (Wildman–Crippen LogP) is 3.75. The van der Waals surface area contributed by atoms with Crippen molar-refractivity contribution in [1.29, 1.82) is 0 Å². The van der Waals surface area contributed by atoms with Gasteiger partial charge in [0.2, 0.25) is 0 Å². The maximum absolute atomic E-state index is 13.1. The number of fused-ring (bicyclic) bond motifs is 1. The Morgan fingerprint density at radius 3 is 2.52 bits per heavy atom. The fraction of sp³-hybridized carbons (Fsp3) is 0.391. The molecule has 0 radical (unpaired) electrons. The van der Waals surface area contributed by atoms with Crippen LogP contribution in [0.15, 0.2) is 42.6 Å². The molecule has 8 heteroatoms. The molecule has 0 saturated carbocycles. The van der Waals surface area contributed by atoms with Gasteiger partial charge in [0.05, 0.1) is 17.5 Å². The summed E-state index contributed by atoms with van der Waals surface area (Å²) in [6.45, 7) is 7.17. The van der Waals surface area contributed by atoms with Crippen molar-refractivity contribution in [3.8, 4) is 0 Å². The zero-order valence-electron chi connectivity index (χ0n) is 18.1. The lowest BCUT2D eigenvalue weighted by molar-refractivity contribution is 0.0708. The minimum absolute atomic E-state index is 0.0172. The first-order valence-corrected chi connectivity index (χ1v) is 10.7. The van der Waals surface area contributed by atoms with Gasteiger partial charge in [0.25, 0.3) is 5.91 Å². The smallest absolute Gasteiger partial charge is 0.319 e. The van der Waals surface area contributed by atoms with Crippen LogP contribution in [-0.2, 0) is 0 Å². The highest BCUT2D eigenvalue weighted by Gasteiger charge is 2.26. The van der Waals surface area contributed by atoms with E-state index in [1.165, 1.54) is 0 Å². The number of anilines is 1. The minimum Gasteiger partial charge on any atom is -0.338 e. The SMILES string of the molecule is Cc1nc2c(cnn2C(C)C)cc1C(=O)N1CCC(NC(=O)Nc2ccccc2)CC1. The summed E-state index contributed by atoms with van der Waals surface area (Å²) in [6.07, 6.45) is 3.20. The van der Waals surface area contributed by atoms with Crippen LogP contribution in [-0.4, -0.2) is 50.7 Å². The van der Waals surface area contributed by atoms with E-state index in [9.17, 15) is 9.59 Å². The van der Waals surface area contributed by atoms with E-state index in [2.05, 4.69) is 34.6 Å². The van der Waals surface area contributed by atoms with E-state index >= 15 is 0 Å². The van der Waals surface area contributed by atoms with Crippen LogP contribution >= 0.6 is 0 Å². The van der Waals surface area contributed by atoms with Crippen molar-refractivity contribution in [1.82, 2.24) is 25.0 Å². The number of urea groups is 1. The van der Waals surface area contributed by atoms with Gasteiger partial charge in [-0.15, -0.1) is 0 Å². The van der Waals surface area contributed by atoms with Gasteiger partial charge in [-0.1, -0.05) is 18.2 Å². The van der Waals surface area contributed by atoms with E-state index in [0.29, 0.717) is 37.2 Å². The lowest BCUT2D eigenvalue weighted by Gasteiger charge is -2.32. The molecule has 3 aromatic rings. The molecule has 0 aliphatic carbocycles. The van der Waals surface area contributed by atoms with E-state index in [1.54, 1.807) is 6.20 Å². The average molecular weight is 421 g/mol. The topological polar surface area (TPSA) is 92.2 Å². The number of carbonyl (C=O) groups is 2. The molecule has 2 N–H and O–H groups in total. The second kappa shape index (κ2) is 8.75. The number of likely N-dealkylation sites (tertiary alicyclic amines) is 1. The number of piperidine rings is 1. The van der Waals surface area contributed by atoms with Gasteiger partial charge in [0.15, 0.2) is 5.65 Å². The molecular formula is C23H28N6O2. The Bertz CT molecular complexity index is 1080. The molecule has 3 heterocycles. The van der Waals surface area contributed by atoms with E-state index in [4.69, 9.17) is 0 Å². The second-order valence-corrected chi connectivity index (χ2v) is 8.25. The number of para-hydroxylation sites is 1. The average Bonchev–Trinajstić information content (AvgIpc) is 3.17. The first kappa shape index (κ1) is 20.8. The van der Waals surface area contributed by atoms with Gasteiger partial charge in [0.1, 0.15) is 0 Å². The molecular weight excluding hydrogens is 392 g/mol. The van der Waals surface area contributed by atoms with Gasteiger partial charge in [-0.25, -0.2) is 14.5 Å². The molecule has 0 bridgehead atoms. The summed E-state index contributed by atoms with van der Waals surface area (Å²) in [4.78, 5) is 31.8. The Morgan fingerprint density at radius 2 is 1.84 bits per heavy atom. The summed E-state index contributed by atoms with van der Waals surface area (Å²) in [7, 11) is 0. The quantitative estimate of drug-likeness (QED) is 0.672. The molecule has 0 atom stereocenters. The van der Waals surface area contributed by atoms with Crippen molar-refractivity contribution < 1.29 is 9.59 Å². The zero-order chi connectivity index (χ0) is 22.0. The van der Waals surface area contributed by atoms with Crippen molar-refractivity contribution >= 4 is 28.7 Å². The molecule has 162 valence electrons. The fourth-order valence-corrected chi connectivity index (χ4v) is 3.93. The van der Waals surface area contributed by atoms with Crippen LogP contribution in [0, 0.1) is 6.92 Å². The van der Waals surface area contributed by atoms with Gasteiger partial charge in [-0.2, -0.15) is 5.10 Å². The summed E-state index contributed by atoms with van der Waals surface area (Å²) in [5.74, 6) is -0.0172. The third-order valence-corrected chi connectivity index (χ3v) is 5.63. The van der Waals surface area contributed by atoms with Crippen molar-refractivity contribution in [3.05, 3.63) is 53.9 Å². The predicted molar refractivity (Wildman–Crippen MR) is 120 cm³/mol. The molecule has 1 aromatic carbocycles. The van der Waals surface area contributed by atoms with E-state index < -0.39 is 0 Å². The number of aryl methyl sites for hydroxylation is 1. The van der Waals surface area contributed by atoms with Crippen LogP contribution in [0.2, 0.25) is 0 Å². The number of carbonyl (C=O) groups excluding carboxylic acids is 2. The molecule has 1 aliphatic heterocycles. The first-order chi connectivity index (χ1) is 14.9. The Kier molecular flexibility index (Phi) is 5.88. The highest BCUT2D eigenvalue weighted by Crippen LogP contribution is 2.22. The highest BCUT2D eigenvalue weighted by molar-refractivity contribution is 5.98. The molecule has 4 rings (SSSR count). The Balaban J connectivity index is 1.37. The fourth-order valence-electron chi connectivity index (χ4n) is 3.93. The van der Waals surface area contributed by atoms with E-state index in [-0.39, 0.29) is 24.0 Å². The molecule has 1 aliphatic rings. The molecule has 2 aromatic heterocycles. The lowest BCUT2D eigenvalue weighted by Crippen LogP contribution is -2.47. The number of benzene rings is 1. The Morgan fingerprint density at radius 1 is 1.13 bits per heavy atom. The van der Waals surface area contributed by atoms with Crippen LogP contribution in [0.5, 0.6) is 0 Å². The summed E-state index contributed by atoms with van der Waals surface area (Å²) in [5, 5.41) is 11.1. The number of hydrogen-bond donors (Lipinski definition) is 2. The number of pyridine rings is 1. The number of rotatable bonds is 4. The third kappa shape index (κ3) is 4.52. The van der Waals surface area contributed by atoms with Crippen LogP contribution in [0.25, 0.3) is 11.0 Å². The van der Waals surface area contributed by atoms with Crippen molar-refractivity contribution in [2.75, 3.05) is 18.4 Å². The van der Waals surface area contributed by atoms with Gasteiger partial charge in [-0.3, -0.25) is 4.79 Å². The van der Waals surface area contributed by atoms with Crippen LogP contribution < -0.4 is 10.6 Å². The largest absolute Gasteiger partial charge is 0.338 e. The standard InChI is InChI=1S/C23H28N6O2/c1-15(2)29-21-17(14-24-29)13-20(16(3)25-21)22(30)28-11-9-19(10-12-28)27-23(31)26-18-7-5-4-6-8-18/h4-8,13-15,19H,9-12H2,1-3H3,(H2,26,27,31). The number of nitrogens with zero attached hydrogens (tertiary/aromatic N) is 4. The van der Waals surface area contributed by atoms with Crippen LogP contribution in [0.3, 0.4) is 0 Å². The second-order valence-electron chi connectivity index (χ2n) is 8.25. The van der Waals surface area contributed by atoms with E-state index in [0.717, 1.165) is 16.7 Å². The van der Waals surface area contributed by atoms with Crippen molar-refractivity contribution in [2.45, 2.75) is 45.7 Å². The van der Waals surface area contributed by atoms with E-state index in [1.807, 2.05) is 52.9 Å². The zero-order valence-corrected chi connectivity index (χ0v) is 18.1. The van der Waals surface area contributed by atoms with Crippen LogP contribution in [0.4, 0.5) is 10.5 Å². The number of hydrogen-bond acceptors (Lipinski definition) is 4. The number of nitrogens with one attached hydrogen (secondary N) is 2. The minimum atomic E-state index is -0.219. The van der Waals surface area contributed by atoms with Crippen molar-refractivity contribution in [3.63, 3.8) is 0 Å². The van der Waals surface area contributed by atoms with Crippen molar-refractivity contribution in [2.24, 2.45) is 0 Å². The van der Waals surface area contributed by atoms with Gasteiger partial charge in [-0.05, 0) is 51.8 Å². The van der Waals surface area contributed by atoms with Crippen LogP contribution in [0.1, 0.15) is 48.8 Å². The van der Waals surface area contributed by atoms with Gasteiger partial charge in [0, 0.05) is 36.2 Å². The normalized spacial score (nSPS) is 14.8. The summed E-state index contributed by atoms with van der Waals surface area (Å²) in [6, 6.07) is 11.3. The first-order valence-electron chi connectivity index (χ1n) is 10.7. The molecule has 3 amide bonds. The van der Waals surface area contributed by atoms with Gasteiger partial charge < -0.3 is 15.5 Å². The maximum atomic E-state index is 13.1. The molecule has 1 fully saturated rings. The Labute approximate surface area is 181 Å². The number of aromatic nitrogens is 3. The monoisotopic (exact) mass is 420 g/mol. The lowest BCUT2D eigenvalue weighted by atomic mass is 10.0.